The highest BCUT2D eigenvalue weighted by molar-refractivity contribution is 5.59. The fourth-order valence-electron chi connectivity index (χ4n) is 2.11. The van der Waals surface area contributed by atoms with Crippen LogP contribution in [0.15, 0.2) is 0 Å². The van der Waals surface area contributed by atoms with E-state index in [2.05, 4.69) is 0 Å². The van der Waals surface area contributed by atoms with Crippen LogP contribution < -0.4 is 0 Å². The van der Waals surface area contributed by atoms with Gasteiger partial charge >= 0.3 is 0 Å². The number of aromatic hydroxyl groups is 2. The lowest BCUT2D eigenvalue weighted by molar-refractivity contribution is 0.282. The zero-order valence-corrected chi connectivity index (χ0v) is 9.45. The van der Waals surface area contributed by atoms with Crippen molar-refractivity contribution in [1.82, 2.24) is 4.57 Å². The molecule has 0 saturated heterocycles. The largest absolute Gasteiger partial charge is 0.494 e. The molecule has 0 saturated carbocycles. The summed E-state index contributed by atoms with van der Waals surface area (Å²) < 4.78 is 1.60. The molecule has 0 unspecified atom stereocenters. The van der Waals surface area contributed by atoms with Crippen LogP contribution in [-0.2, 0) is 13.0 Å². The van der Waals surface area contributed by atoms with E-state index in [0.29, 0.717) is 6.54 Å². The standard InChI is InChI=1S/C12H19NO3/c14-7-5-3-1-2-4-6-13-11(15)9-8-10(9)12(13)16/h14-16H,1-8H2. The summed E-state index contributed by atoms with van der Waals surface area (Å²) in [6, 6.07) is 0. The predicted octanol–water partition coefficient (Wildman–Crippen LogP) is 1.75. The fourth-order valence-corrected chi connectivity index (χ4v) is 2.11. The SMILES string of the molecule is OCCCCCCCn1c(O)c2c(c1O)C2. The van der Waals surface area contributed by atoms with Crippen LogP contribution in [0.4, 0.5) is 0 Å². The second-order valence-electron chi connectivity index (χ2n) is 4.42. The molecule has 3 N–H and O–H groups in total. The average molecular weight is 225 g/mol. The number of nitrogens with zero attached hydrogens (tertiary/aromatic N) is 1. The lowest BCUT2D eigenvalue weighted by Gasteiger charge is -2.08. The van der Waals surface area contributed by atoms with Crippen molar-refractivity contribution in [3.05, 3.63) is 11.1 Å². The third-order valence-corrected chi connectivity index (χ3v) is 3.18. The molecule has 1 heterocycles. The number of unbranched alkanes of at least 4 members (excludes halogenated alkanes) is 4. The summed E-state index contributed by atoms with van der Waals surface area (Å²) in [7, 11) is 0. The van der Waals surface area contributed by atoms with Crippen molar-refractivity contribution in [3.8, 4) is 11.8 Å². The fraction of sp³-hybridized carbons (Fsp3) is 0.667. The zero-order chi connectivity index (χ0) is 11.5. The molecular weight excluding hydrogens is 206 g/mol. The Morgan fingerprint density at radius 2 is 1.44 bits per heavy atom. The molecule has 1 aromatic heterocycles. The summed E-state index contributed by atoms with van der Waals surface area (Å²) in [5.41, 5.74) is 1.83. The van der Waals surface area contributed by atoms with Gasteiger partial charge in [-0.05, 0) is 12.8 Å². The van der Waals surface area contributed by atoms with E-state index in [1.54, 1.807) is 4.57 Å². The van der Waals surface area contributed by atoms with Crippen molar-refractivity contribution >= 4 is 0 Å². The molecule has 0 spiro atoms. The highest BCUT2D eigenvalue weighted by Crippen LogP contribution is 2.46. The third-order valence-electron chi connectivity index (χ3n) is 3.18. The minimum Gasteiger partial charge on any atom is -0.494 e. The van der Waals surface area contributed by atoms with Gasteiger partial charge in [-0.3, -0.25) is 4.57 Å². The predicted molar refractivity (Wildman–Crippen MR) is 60.7 cm³/mol. The maximum atomic E-state index is 9.68. The maximum absolute atomic E-state index is 9.68. The summed E-state index contributed by atoms with van der Waals surface area (Å²) in [5, 5.41) is 28.0. The molecule has 1 aliphatic carbocycles. The zero-order valence-electron chi connectivity index (χ0n) is 9.45. The molecule has 0 aliphatic heterocycles. The number of hydrogen-bond donors (Lipinski definition) is 3. The van der Waals surface area contributed by atoms with Gasteiger partial charge in [0.15, 0.2) is 11.8 Å². The summed E-state index contributed by atoms with van der Waals surface area (Å²) in [6.45, 7) is 0.954. The van der Waals surface area contributed by atoms with Gasteiger partial charge in [-0.25, -0.2) is 0 Å². The lowest BCUT2D eigenvalue weighted by atomic mass is 10.1. The van der Waals surface area contributed by atoms with E-state index >= 15 is 0 Å². The molecule has 0 bridgehead atoms. The monoisotopic (exact) mass is 225 g/mol. The lowest BCUT2D eigenvalue weighted by Crippen LogP contribution is -1.98. The van der Waals surface area contributed by atoms with Crippen LogP contribution in [0.3, 0.4) is 0 Å². The van der Waals surface area contributed by atoms with Gasteiger partial charge in [0, 0.05) is 30.7 Å². The minimum atomic E-state index is 0.253. The normalized spacial score (nSPS) is 12.8. The molecule has 2 rings (SSSR count). The van der Waals surface area contributed by atoms with Gasteiger partial charge in [0.2, 0.25) is 0 Å². The Hall–Kier alpha value is -1.16. The van der Waals surface area contributed by atoms with E-state index in [9.17, 15) is 10.2 Å². The number of fused-ring (bicyclic) bond motifs is 1. The summed E-state index contributed by atoms with van der Waals surface area (Å²) in [6.07, 6.45) is 5.81. The molecular formula is C12H19NO3. The average Bonchev–Trinajstić information content (AvgIpc) is 3.02. The van der Waals surface area contributed by atoms with Gasteiger partial charge in [-0.2, -0.15) is 0 Å². The van der Waals surface area contributed by atoms with Crippen molar-refractivity contribution in [2.45, 2.75) is 45.1 Å². The number of rotatable bonds is 7. The van der Waals surface area contributed by atoms with Crippen molar-refractivity contribution in [3.63, 3.8) is 0 Å². The van der Waals surface area contributed by atoms with Crippen LogP contribution in [0.25, 0.3) is 0 Å². The molecule has 0 amide bonds. The summed E-state index contributed by atoms with van der Waals surface area (Å²) in [5.74, 6) is 0.505. The van der Waals surface area contributed by atoms with Crippen molar-refractivity contribution in [2.75, 3.05) is 6.61 Å². The quantitative estimate of drug-likeness (QED) is 0.629. The maximum Gasteiger partial charge on any atom is 0.197 e. The van der Waals surface area contributed by atoms with Crippen LogP contribution in [-0.4, -0.2) is 26.5 Å². The van der Waals surface area contributed by atoms with Crippen molar-refractivity contribution < 1.29 is 15.3 Å². The number of aliphatic hydroxyl groups excluding tert-OH is 1. The molecule has 4 nitrogen and oxygen atoms in total. The first-order valence-corrected chi connectivity index (χ1v) is 5.98. The first kappa shape index (κ1) is 11.3. The first-order valence-electron chi connectivity index (χ1n) is 5.98. The van der Waals surface area contributed by atoms with Crippen LogP contribution in [0, 0.1) is 0 Å². The number of aromatic nitrogens is 1. The molecule has 0 fully saturated rings. The van der Waals surface area contributed by atoms with Crippen molar-refractivity contribution in [1.29, 1.82) is 0 Å². The summed E-state index contributed by atoms with van der Waals surface area (Å²) >= 11 is 0. The van der Waals surface area contributed by atoms with Crippen LogP contribution in [0.1, 0.15) is 43.2 Å². The second kappa shape index (κ2) is 4.78. The van der Waals surface area contributed by atoms with E-state index in [0.717, 1.165) is 49.7 Å². The van der Waals surface area contributed by atoms with Crippen LogP contribution >= 0.6 is 0 Å². The van der Waals surface area contributed by atoms with E-state index in [1.165, 1.54) is 0 Å². The van der Waals surface area contributed by atoms with Gasteiger partial charge < -0.3 is 15.3 Å². The number of aliphatic hydroxyl groups is 1. The Labute approximate surface area is 95.1 Å². The summed E-state index contributed by atoms with van der Waals surface area (Å²) in [4.78, 5) is 0. The first-order chi connectivity index (χ1) is 7.75. The minimum absolute atomic E-state index is 0.253. The Morgan fingerprint density at radius 1 is 0.875 bits per heavy atom. The molecule has 1 aromatic rings. The Bertz CT molecular complexity index is 345. The molecule has 90 valence electrons. The molecule has 1 aliphatic rings. The van der Waals surface area contributed by atoms with Gasteiger partial charge in [-0.15, -0.1) is 0 Å². The molecule has 16 heavy (non-hydrogen) atoms. The van der Waals surface area contributed by atoms with Gasteiger partial charge in [0.1, 0.15) is 0 Å². The van der Waals surface area contributed by atoms with Gasteiger partial charge in [0.25, 0.3) is 0 Å². The van der Waals surface area contributed by atoms with Gasteiger partial charge in [-0.1, -0.05) is 19.3 Å². The topological polar surface area (TPSA) is 65.6 Å². The second-order valence-corrected chi connectivity index (χ2v) is 4.42. The molecule has 0 radical (unpaired) electrons. The number of hydrogen-bond acceptors (Lipinski definition) is 3. The Morgan fingerprint density at radius 3 is 2.06 bits per heavy atom. The molecule has 4 heteroatoms. The van der Waals surface area contributed by atoms with Crippen LogP contribution in [0.5, 0.6) is 11.8 Å². The highest BCUT2D eigenvalue weighted by atomic mass is 16.3. The molecule has 0 atom stereocenters. The van der Waals surface area contributed by atoms with Crippen molar-refractivity contribution in [2.24, 2.45) is 0 Å². The smallest absolute Gasteiger partial charge is 0.197 e. The van der Waals surface area contributed by atoms with Crippen LogP contribution in [0.2, 0.25) is 0 Å². The van der Waals surface area contributed by atoms with E-state index < -0.39 is 0 Å². The van der Waals surface area contributed by atoms with E-state index in [1.807, 2.05) is 0 Å². The Balaban J connectivity index is 1.70. The third kappa shape index (κ3) is 2.16. The van der Waals surface area contributed by atoms with E-state index in [4.69, 9.17) is 5.11 Å². The van der Waals surface area contributed by atoms with Gasteiger partial charge in [0.05, 0.1) is 0 Å². The highest BCUT2D eigenvalue weighted by Gasteiger charge is 2.32. The molecule has 0 aromatic carbocycles. The van der Waals surface area contributed by atoms with E-state index in [-0.39, 0.29) is 18.4 Å². The Kier molecular flexibility index (Phi) is 3.39.